The number of nitrogens with one attached hydrogen (secondary N) is 3. The fraction of sp³-hybridized carbons (Fsp3) is 0.464. The van der Waals surface area contributed by atoms with Gasteiger partial charge in [-0.3, -0.25) is 0 Å². The Balaban J connectivity index is 0.000000944. The lowest BCUT2D eigenvalue weighted by Gasteiger charge is -2.18. The van der Waals surface area contributed by atoms with Crippen LogP contribution < -0.4 is 21.9 Å². The Bertz CT molecular complexity index is 1100. The van der Waals surface area contributed by atoms with Crippen molar-refractivity contribution in [1.82, 2.24) is 15.0 Å². The summed E-state index contributed by atoms with van der Waals surface area (Å²) in [6.07, 6.45) is 13.2. The van der Waals surface area contributed by atoms with Gasteiger partial charge in [0.15, 0.2) is 0 Å². The van der Waals surface area contributed by atoms with Crippen LogP contribution in [0.5, 0.6) is 0 Å². The van der Waals surface area contributed by atoms with Gasteiger partial charge in [-0.05, 0) is 57.7 Å². The molecular formula is C28H45N8S2+. The van der Waals surface area contributed by atoms with Crippen LogP contribution in [0.2, 0.25) is 0 Å². The second kappa shape index (κ2) is 19.2. The number of hydrogen-bond donors (Lipinski definition) is 5. The molecule has 0 saturated heterocycles. The number of thiazole rings is 1. The van der Waals surface area contributed by atoms with Gasteiger partial charge >= 0.3 is 0 Å². The number of rotatable bonds is 8. The lowest BCUT2D eigenvalue weighted by Crippen LogP contribution is -2.18. The van der Waals surface area contributed by atoms with Crippen molar-refractivity contribution in [2.45, 2.75) is 79.8 Å². The van der Waals surface area contributed by atoms with Crippen molar-refractivity contribution in [3.63, 3.8) is 0 Å². The SMILES string of the molecule is C/C=C\C=C/c1sc(-c2c(C)nc(NCc3cccs3)nc2NC2CCCC2)nc1C.CC.CCN.N=[NH2+]. The highest BCUT2D eigenvalue weighted by molar-refractivity contribution is 7.16. The molecule has 1 saturated carbocycles. The minimum atomic E-state index is 0.466. The molecule has 8 nitrogen and oxygen atoms in total. The normalized spacial score (nSPS) is 12.8. The molecule has 0 aliphatic heterocycles. The Labute approximate surface area is 236 Å². The molecule has 1 fully saturated rings. The Hall–Kier alpha value is -2.95. The van der Waals surface area contributed by atoms with Crippen LogP contribution in [-0.4, -0.2) is 27.5 Å². The van der Waals surface area contributed by atoms with E-state index in [0.717, 1.165) is 40.9 Å². The summed E-state index contributed by atoms with van der Waals surface area (Å²) >= 11 is 3.43. The maximum atomic E-state index is 5.25. The van der Waals surface area contributed by atoms with Gasteiger partial charge in [0.1, 0.15) is 10.8 Å². The Morgan fingerprint density at radius 1 is 1.11 bits per heavy atom. The predicted molar refractivity (Wildman–Crippen MR) is 165 cm³/mol. The van der Waals surface area contributed by atoms with Crippen molar-refractivity contribution in [2.24, 2.45) is 5.73 Å². The molecule has 1 aliphatic rings. The average molecular weight is 558 g/mol. The Kier molecular flexibility index (Phi) is 16.7. The molecule has 0 radical (unpaired) electrons. The molecule has 0 atom stereocenters. The zero-order chi connectivity index (χ0) is 28.3. The number of allylic oxidation sites excluding steroid dienone is 3. The van der Waals surface area contributed by atoms with E-state index in [4.69, 9.17) is 26.2 Å². The second-order valence-electron chi connectivity index (χ2n) is 8.18. The summed E-state index contributed by atoms with van der Waals surface area (Å²) in [6, 6.07) is 4.66. The minimum absolute atomic E-state index is 0.466. The van der Waals surface area contributed by atoms with E-state index in [2.05, 4.69) is 59.7 Å². The van der Waals surface area contributed by atoms with Crippen LogP contribution in [0.4, 0.5) is 11.8 Å². The number of thiophene rings is 1. The van der Waals surface area contributed by atoms with Crippen LogP contribution in [-0.2, 0) is 6.54 Å². The number of hydrogen-bond acceptors (Lipinski definition) is 9. The van der Waals surface area contributed by atoms with E-state index in [9.17, 15) is 0 Å². The highest BCUT2D eigenvalue weighted by Gasteiger charge is 2.22. The maximum Gasteiger partial charge on any atom is 0.225 e. The summed E-state index contributed by atoms with van der Waals surface area (Å²) < 4.78 is 0. The van der Waals surface area contributed by atoms with Gasteiger partial charge in [-0.2, -0.15) is 10.5 Å². The van der Waals surface area contributed by atoms with Crippen molar-refractivity contribution in [1.29, 1.82) is 5.53 Å². The monoisotopic (exact) mass is 557 g/mol. The molecule has 0 aromatic carbocycles. The quantitative estimate of drug-likeness (QED) is 0.156. The van der Waals surface area contributed by atoms with Crippen LogP contribution in [0.3, 0.4) is 0 Å². The summed E-state index contributed by atoms with van der Waals surface area (Å²) in [6.45, 7) is 13.5. The average Bonchev–Trinajstić information content (AvgIpc) is 3.70. The number of nitrogens with zero attached hydrogens (tertiary/aromatic N) is 3. The lowest BCUT2D eigenvalue weighted by atomic mass is 10.2. The largest absolute Gasteiger partial charge is 0.367 e. The Morgan fingerprint density at radius 3 is 2.39 bits per heavy atom. The van der Waals surface area contributed by atoms with Gasteiger partial charge in [-0.1, -0.05) is 63.4 Å². The second-order valence-corrected chi connectivity index (χ2v) is 10.2. The predicted octanol–water partition coefficient (Wildman–Crippen LogP) is 6.60. The third kappa shape index (κ3) is 10.4. The van der Waals surface area contributed by atoms with Crippen LogP contribution >= 0.6 is 22.7 Å². The molecule has 4 rings (SSSR count). The first kappa shape index (κ1) is 33.1. The van der Waals surface area contributed by atoms with Gasteiger partial charge in [0.05, 0.1) is 28.4 Å². The highest BCUT2D eigenvalue weighted by atomic mass is 32.1. The van der Waals surface area contributed by atoms with Gasteiger partial charge in [0.25, 0.3) is 0 Å². The molecule has 0 unspecified atom stereocenters. The summed E-state index contributed by atoms with van der Waals surface area (Å²) in [5.41, 5.74) is 16.8. The van der Waals surface area contributed by atoms with E-state index in [-0.39, 0.29) is 0 Å². The first-order chi connectivity index (χ1) is 18.5. The highest BCUT2D eigenvalue weighted by Crippen LogP contribution is 2.36. The van der Waals surface area contributed by atoms with Crippen LogP contribution in [0.15, 0.2) is 35.7 Å². The molecule has 3 aromatic rings. The smallest absolute Gasteiger partial charge is 0.225 e. The molecule has 0 amide bonds. The molecule has 208 valence electrons. The number of anilines is 2. The molecule has 3 heterocycles. The fourth-order valence-corrected chi connectivity index (χ4v) is 5.50. The fourth-order valence-electron chi connectivity index (χ4n) is 3.78. The molecule has 7 N–H and O–H groups in total. The molecule has 38 heavy (non-hydrogen) atoms. The lowest BCUT2D eigenvalue weighted by molar-refractivity contribution is -0.249. The molecule has 1 aliphatic carbocycles. The minimum Gasteiger partial charge on any atom is -0.367 e. The van der Waals surface area contributed by atoms with E-state index < -0.39 is 0 Å². The summed E-state index contributed by atoms with van der Waals surface area (Å²) in [7, 11) is 0. The summed E-state index contributed by atoms with van der Waals surface area (Å²) in [5, 5.41) is 10.2. The van der Waals surface area contributed by atoms with Crippen molar-refractivity contribution in [2.75, 3.05) is 17.2 Å². The number of aryl methyl sites for hydroxylation is 2. The van der Waals surface area contributed by atoms with Gasteiger partial charge in [0, 0.05) is 10.9 Å². The topological polar surface area (TPSA) is 138 Å². The first-order valence-electron chi connectivity index (χ1n) is 13.2. The van der Waals surface area contributed by atoms with Crippen LogP contribution in [0, 0.1) is 19.4 Å². The standard InChI is InChI=1S/C24H29N5S2.C2H7N.C2H6.H2N2/c1-4-5-6-13-20-16(2)26-23(31-20)21-17(3)27-24(25-15-19-12-9-14-30-19)29-22(21)28-18-10-7-8-11-18;1-2-3;2*1-2/h4-6,9,12-14,18H,7-8,10-11,15H2,1-3H3,(H2,25,27,28,29);2-3H2,1H3;1-2H3;1-2H/p+1/b5-4-,13-6-;;;. The van der Waals surface area contributed by atoms with E-state index >= 15 is 0 Å². The number of nitrogens with two attached hydrogens (primary N) is 2. The van der Waals surface area contributed by atoms with Crippen molar-refractivity contribution < 1.29 is 5.53 Å². The van der Waals surface area contributed by atoms with E-state index in [1.807, 2.05) is 39.8 Å². The Morgan fingerprint density at radius 2 is 1.79 bits per heavy atom. The van der Waals surface area contributed by atoms with Crippen molar-refractivity contribution >= 4 is 40.5 Å². The van der Waals surface area contributed by atoms with E-state index in [0.29, 0.717) is 12.0 Å². The van der Waals surface area contributed by atoms with Crippen LogP contribution in [0.1, 0.15) is 74.5 Å². The van der Waals surface area contributed by atoms with Crippen molar-refractivity contribution in [3.05, 3.63) is 56.9 Å². The number of aromatic nitrogens is 3. The van der Waals surface area contributed by atoms with E-state index in [1.54, 1.807) is 22.7 Å². The maximum absolute atomic E-state index is 5.25. The molecule has 10 heteroatoms. The molecule has 0 bridgehead atoms. The third-order valence-electron chi connectivity index (χ3n) is 5.38. The molecule has 3 aromatic heterocycles. The van der Waals surface area contributed by atoms with Crippen molar-refractivity contribution in [3.8, 4) is 10.6 Å². The van der Waals surface area contributed by atoms with Gasteiger partial charge in [-0.15, -0.1) is 22.7 Å². The van der Waals surface area contributed by atoms with Gasteiger partial charge in [-0.25, -0.2) is 9.97 Å². The zero-order valence-corrected chi connectivity index (χ0v) is 25.3. The third-order valence-corrected chi connectivity index (χ3v) is 7.40. The van der Waals surface area contributed by atoms with Gasteiger partial charge in [0.2, 0.25) is 5.95 Å². The van der Waals surface area contributed by atoms with Crippen LogP contribution in [0.25, 0.3) is 16.6 Å². The zero-order valence-electron chi connectivity index (χ0n) is 23.7. The molecular weight excluding hydrogens is 512 g/mol. The summed E-state index contributed by atoms with van der Waals surface area (Å²) in [5.74, 6) is 1.56. The van der Waals surface area contributed by atoms with E-state index in [1.165, 1.54) is 35.4 Å². The van der Waals surface area contributed by atoms with Gasteiger partial charge < -0.3 is 16.4 Å². The summed E-state index contributed by atoms with van der Waals surface area (Å²) in [4.78, 5) is 17.0. The first-order valence-corrected chi connectivity index (χ1v) is 14.9. The molecule has 0 spiro atoms.